The molecule has 0 saturated carbocycles. The third-order valence-corrected chi connectivity index (χ3v) is 3.24. The van der Waals surface area contributed by atoms with Crippen LogP contribution in [-0.2, 0) is 4.74 Å². The van der Waals surface area contributed by atoms with E-state index in [0.717, 1.165) is 5.56 Å². The van der Waals surface area contributed by atoms with E-state index in [-0.39, 0.29) is 17.6 Å². The van der Waals surface area contributed by atoms with Crippen molar-refractivity contribution in [3.8, 4) is 0 Å². The zero-order valence-corrected chi connectivity index (χ0v) is 10.4. The average molecular weight is 269 g/mol. The summed E-state index contributed by atoms with van der Waals surface area (Å²) in [5.41, 5.74) is 1.42. The molecule has 1 heterocycles. The summed E-state index contributed by atoms with van der Waals surface area (Å²) in [5.74, 6) is -0.0612. The molecule has 1 aliphatic rings. The number of ether oxygens (including phenoxy) is 1. The summed E-state index contributed by atoms with van der Waals surface area (Å²) in [4.78, 5) is 22.3. The molecule has 0 amide bonds. The number of carbonyl (C=O) groups excluding carboxylic acids is 1. The standard InChI is InChI=1S/C15H11NO4/c17-13(10-4-2-1-3-5-10)15-14(20-15)11-6-8-12(9-7-11)16(18)19/h1-9,14-15H/t14-,15-/m0/s1. The summed E-state index contributed by atoms with van der Waals surface area (Å²) in [6.45, 7) is 0. The topological polar surface area (TPSA) is 72.7 Å². The van der Waals surface area contributed by atoms with E-state index in [1.54, 1.807) is 36.4 Å². The Balaban J connectivity index is 1.73. The number of epoxide rings is 1. The van der Waals surface area contributed by atoms with E-state index in [1.165, 1.54) is 12.1 Å². The van der Waals surface area contributed by atoms with Gasteiger partial charge in [-0.1, -0.05) is 30.3 Å². The molecule has 0 N–H and O–H groups in total. The van der Waals surface area contributed by atoms with Gasteiger partial charge in [-0.3, -0.25) is 14.9 Å². The zero-order valence-electron chi connectivity index (χ0n) is 10.4. The number of nitrogens with zero attached hydrogens (tertiary/aromatic N) is 1. The van der Waals surface area contributed by atoms with Crippen LogP contribution in [-0.4, -0.2) is 16.8 Å². The van der Waals surface area contributed by atoms with Crippen LogP contribution in [0.3, 0.4) is 0 Å². The van der Waals surface area contributed by atoms with Crippen LogP contribution < -0.4 is 0 Å². The number of non-ortho nitro benzene ring substituents is 1. The van der Waals surface area contributed by atoms with E-state index in [2.05, 4.69) is 0 Å². The second-order valence-corrected chi connectivity index (χ2v) is 4.56. The number of nitro benzene ring substituents is 1. The van der Waals surface area contributed by atoms with Gasteiger partial charge in [-0.05, 0) is 17.7 Å². The van der Waals surface area contributed by atoms with Crippen LogP contribution in [0.15, 0.2) is 54.6 Å². The van der Waals surface area contributed by atoms with E-state index in [9.17, 15) is 14.9 Å². The van der Waals surface area contributed by atoms with E-state index in [4.69, 9.17) is 4.74 Å². The highest BCUT2D eigenvalue weighted by molar-refractivity contribution is 6.01. The molecule has 0 aliphatic carbocycles. The molecule has 5 heteroatoms. The summed E-state index contributed by atoms with van der Waals surface area (Å²) in [6, 6.07) is 15.0. The summed E-state index contributed by atoms with van der Waals surface area (Å²) in [6.07, 6.45) is -0.789. The molecule has 1 saturated heterocycles. The first-order chi connectivity index (χ1) is 9.66. The average Bonchev–Trinajstić information content (AvgIpc) is 3.28. The Morgan fingerprint density at radius 2 is 1.70 bits per heavy atom. The van der Waals surface area contributed by atoms with Crippen molar-refractivity contribution < 1.29 is 14.5 Å². The minimum atomic E-state index is -0.487. The van der Waals surface area contributed by atoms with Crippen molar-refractivity contribution in [2.75, 3.05) is 0 Å². The van der Waals surface area contributed by atoms with Gasteiger partial charge in [0.1, 0.15) is 6.10 Å². The van der Waals surface area contributed by atoms with Crippen molar-refractivity contribution in [1.82, 2.24) is 0 Å². The van der Waals surface area contributed by atoms with Crippen LogP contribution in [0.2, 0.25) is 0 Å². The molecule has 100 valence electrons. The number of nitro groups is 1. The summed E-state index contributed by atoms with van der Waals surface area (Å²) in [7, 11) is 0. The molecular formula is C15H11NO4. The predicted molar refractivity (Wildman–Crippen MR) is 71.5 cm³/mol. The molecule has 2 atom stereocenters. The van der Waals surface area contributed by atoms with Gasteiger partial charge in [0.25, 0.3) is 5.69 Å². The molecule has 0 unspecified atom stereocenters. The number of carbonyl (C=O) groups is 1. The molecule has 2 aromatic rings. The molecule has 20 heavy (non-hydrogen) atoms. The van der Waals surface area contributed by atoms with Gasteiger partial charge in [0.05, 0.1) is 4.92 Å². The second-order valence-electron chi connectivity index (χ2n) is 4.56. The smallest absolute Gasteiger partial charge is 0.269 e. The van der Waals surface area contributed by atoms with Crippen LogP contribution in [0, 0.1) is 10.1 Å². The zero-order chi connectivity index (χ0) is 14.1. The Morgan fingerprint density at radius 1 is 1.05 bits per heavy atom. The second kappa shape index (κ2) is 4.86. The monoisotopic (exact) mass is 269 g/mol. The summed E-state index contributed by atoms with van der Waals surface area (Å²) >= 11 is 0. The third-order valence-electron chi connectivity index (χ3n) is 3.24. The number of hydrogen-bond acceptors (Lipinski definition) is 4. The lowest BCUT2D eigenvalue weighted by molar-refractivity contribution is -0.384. The lowest BCUT2D eigenvalue weighted by Crippen LogP contribution is -2.07. The van der Waals surface area contributed by atoms with Crippen LogP contribution >= 0.6 is 0 Å². The lowest BCUT2D eigenvalue weighted by atomic mass is 10.0. The maximum absolute atomic E-state index is 12.1. The van der Waals surface area contributed by atoms with Gasteiger partial charge in [0.15, 0.2) is 11.9 Å². The van der Waals surface area contributed by atoms with Gasteiger partial charge >= 0.3 is 0 Å². The van der Waals surface area contributed by atoms with Crippen molar-refractivity contribution in [2.45, 2.75) is 12.2 Å². The van der Waals surface area contributed by atoms with Crippen LogP contribution in [0.5, 0.6) is 0 Å². The Morgan fingerprint density at radius 3 is 2.30 bits per heavy atom. The van der Waals surface area contributed by atoms with Crippen molar-refractivity contribution in [1.29, 1.82) is 0 Å². The first kappa shape index (κ1) is 12.5. The summed E-state index contributed by atoms with van der Waals surface area (Å²) in [5, 5.41) is 10.6. The number of benzene rings is 2. The molecule has 0 bridgehead atoms. The van der Waals surface area contributed by atoms with Crippen molar-refractivity contribution in [3.63, 3.8) is 0 Å². The number of hydrogen-bond donors (Lipinski definition) is 0. The number of Topliss-reactive ketones (excluding diaryl/α,β-unsaturated/α-hetero) is 1. The van der Waals surface area contributed by atoms with Gasteiger partial charge < -0.3 is 4.74 Å². The SMILES string of the molecule is O=C(c1ccccc1)[C@@H]1O[C@H]1c1ccc([N+](=O)[O-])cc1. The third kappa shape index (κ3) is 2.31. The number of rotatable bonds is 4. The molecule has 3 rings (SSSR count). The fourth-order valence-corrected chi connectivity index (χ4v) is 2.12. The quantitative estimate of drug-likeness (QED) is 0.370. The highest BCUT2D eigenvalue weighted by Crippen LogP contribution is 2.40. The van der Waals surface area contributed by atoms with Gasteiger partial charge in [0.2, 0.25) is 0 Å². The molecule has 0 aromatic heterocycles. The fourth-order valence-electron chi connectivity index (χ4n) is 2.12. The Labute approximate surface area is 115 Å². The molecule has 1 aliphatic heterocycles. The number of ketones is 1. The van der Waals surface area contributed by atoms with Gasteiger partial charge in [-0.25, -0.2) is 0 Å². The van der Waals surface area contributed by atoms with E-state index >= 15 is 0 Å². The molecule has 0 spiro atoms. The van der Waals surface area contributed by atoms with Crippen LogP contribution in [0.1, 0.15) is 22.0 Å². The first-order valence-electron chi connectivity index (χ1n) is 6.16. The minimum Gasteiger partial charge on any atom is -0.356 e. The maximum atomic E-state index is 12.1. The Bertz CT molecular complexity index is 651. The summed E-state index contributed by atoms with van der Waals surface area (Å²) < 4.78 is 5.40. The van der Waals surface area contributed by atoms with Gasteiger partial charge in [-0.15, -0.1) is 0 Å². The molecular weight excluding hydrogens is 258 g/mol. The molecule has 0 radical (unpaired) electrons. The van der Waals surface area contributed by atoms with Crippen molar-refractivity contribution >= 4 is 11.5 Å². The van der Waals surface area contributed by atoms with Crippen LogP contribution in [0.4, 0.5) is 5.69 Å². The first-order valence-corrected chi connectivity index (χ1v) is 6.16. The predicted octanol–water partition coefficient (Wildman–Crippen LogP) is 2.92. The van der Waals surface area contributed by atoms with Gasteiger partial charge in [0, 0.05) is 17.7 Å². The molecule has 2 aromatic carbocycles. The Kier molecular flexibility index (Phi) is 3.04. The largest absolute Gasteiger partial charge is 0.356 e. The molecule has 5 nitrogen and oxygen atoms in total. The van der Waals surface area contributed by atoms with Crippen molar-refractivity contribution in [3.05, 3.63) is 75.8 Å². The molecule has 1 fully saturated rings. The normalized spacial score (nSPS) is 20.4. The van der Waals surface area contributed by atoms with Gasteiger partial charge in [-0.2, -0.15) is 0 Å². The fraction of sp³-hybridized carbons (Fsp3) is 0.133. The highest BCUT2D eigenvalue weighted by Gasteiger charge is 2.46. The van der Waals surface area contributed by atoms with Crippen LogP contribution in [0.25, 0.3) is 0 Å². The van der Waals surface area contributed by atoms with E-state index in [0.29, 0.717) is 5.56 Å². The minimum absolute atomic E-state index is 0.0281. The van der Waals surface area contributed by atoms with Crippen molar-refractivity contribution in [2.24, 2.45) is 0 Å². The maximum Gasteiger partial charge on any atom is 0.269 e. The highest BCUT2D eigenvalue weighted by atomic mass is 16.6. The lowest BCUT2D eigenvalue weighted by Gasteiger charge is -1.97. The Hall–Kier alpha value is -2.53. The van der Waals surface area contributed by atoms with E-state index in [1.807, 2.05) is 6.07 Å². The van der Waals surface area contributed by atoms with E-state index < -0.39 is 11.0 Å².